The smallest absolute Gasteiger partial charge is 0.119 e. The van der Waals surface area contributed by atoms with Crippen molar-refractivity contribution in [3.8, 4) is 16.9 Å². The van der Waals surface area contributed by atoms with Gasteiger partial charge in [-0.2, -0.15) is 0 Å². The Labute approximate surface area is 191 Å². The Morgan fingerprint density at radius 2 is 0.968 bits per heavy atom. The highest BCUT2D eigenvalue weighted by molar-refractivity contribution is 5.63. The van der Waals surface area contributed by atoms with Crippen molar-refractivity contribution < 1.29 is 4.74 Å². The first-order valence-corrected chi connectivity index (χ1v) is 12.8. The summed E-state index contributed by atoms with van der Waals surface area (Å²) in [6.45, 7) is 4.62. The highest BCUT2D eigenvalue weighted by Crippen LogP contribution is 2.22. The van der Waals surface area contributed by atoms with Gasteiger partial charge in [0.15, 0.2) is 0 Å². The predicted octanol–water partition coefficient (Wildman–Crippen LogP) is 9.77. The minimum atomic E-state index is 0.832. The van der Waals surface area contributed by atoms with Crippen LogP contribution in [0.1, 0.15) is 96.3 Å². The van der Waals surface area contributed by atoms with Crippen molar-refractivity contribution in [1.82, 2.24) is 0 Å². The lowest BCUT2D eigenvalue weighted by Gasteiger charge is -2.08. The number of unbranched alkanes of at least 4 members (excludes halogenated alkanes) is 14. The van der Waals surface area contributed by atoms with Crippen LogP contribution in [0.25, 0.3) is 11.1 Å². The molecule has 0 radical (unpaired) electrons. The average molecular weight is 421 g/mol. The maximum Gasteiger partial charge on any atom is 0.119 e. The van der Waals surface area contributed by atoms with Crippen LogP contribution in [0.3, 0.4) is 0 Å². The molecule has 0 atom stereocenters. The summed E-state index contributed by atoms with van der Waals surface area (Å²) in [5, 5.41) is 0. The van der Waals surface area contributed by atoms with Gasteiger partial charge in [0.05, 0.1) is 6.61 Å². The molecule has 31 heavy (non-hydrogen) atoms. The minimum Gasteiger partial charge on any atom is -0.494 e. The molecule has 0 aliphatic rings. The van der Waals surface area contributed by atoms with Crippen LogP contribution in [-0.4, -0.2) is 6.61 Å². The fraction of sp³-hybridized carbons (Fsp3) is 0.533. The normalized spacial score (nSPS) is 10.8. The lowest BCUT2D eigenvalue weighted by atomic mass is 10.0. The molecule has 0 amide bonds. The third-order valence-corrected chi connectivity index (χ3v) is 6.03. The van der Waals surface area contributed by atoms with Crippen molar-refractivity contribution in [2.24, 2.45) is 0 Å². The quantitative estimate of drug-likeness (QED) is 0.162. The lowest BCUT2D eigenvalue weighted by Crippen LogP contribution is -1.97. The molecule has 0 fully saturated rings. The van der Waals surface area contributed by atoms with Crippen molar-refractivity contribution >= 4 is 0 Å². The van der Waals surface area contributed by atoms with Gasteiger partial charge in [-0.15, -0.1) is 6.58 Å². The SMILES string of the molecule is C=CCCCCCCCCCCCCCCCCOc1ccc(-c2ccccc2)cc1. The molecule has 0 bridgehead atoms. The molecule has 2 aromatic rings. The monoisotopic (exact) mass is 420 g/mol. The largest absolute Gasteiger partial charge is 0.494 e. The first-order chi connectivity index (χ1) is 15.4. The van der Waals surface area contributed by atoms with Gasteiger partial charge in [0.2, 0.25) is 0 Å². The Balaban J connectivity index is 1.35. The van der Waals surface area contributed by atoms with E-state index in [-0.39, 0.29) is 0 Å². The maximum atomic E-state index is 5.91. The van der Waals surface area contributed by atoms with Crippen LogP contribution >= 0.6 is 0 Å². The van der Waals surface area contributed by atoms with Gasteiger partial charge in [-0.3, -0.25) is 0 Å². The zero-order chi connectivity index (χ0) is 21.8. The number of benzene rings is 2. The van der Waals surface area contributed by atoms with E-state index in [2.05, 4.69) is 61.2 Å². The van der Waals surface area contributed by atoms with Gasteiger partial charge < -0.3 is 4.74 Å². The third kappa shape index (κ3) is 12.4. The molecule has 1 heteroatoms. The Morgan fingerprint density at radius 3 is 1.48 bits per heavy atom. The van der Waals surface area contributed by atoms with Crippen LogP contribution in [0, 0.1) is 0 Å². The van der Waals surface area contributed by atoms with E-state index < -0.39 is 0 Å². The molecule has 0 heterocycles. The Hall–Kier alpha value is -2.02. The topological polar surface area (TPSA) is 9.23 Å². The summed E-state index contributed by atoms with van der Waals surface area (Å²) in [4.78, 5) is 0. The van der Waals surface area contributed by atoms with Crippen LogP contribution in [0.4, 0.5) is 0 Å². The lowest BCUT2D eigenvalue weighted by molar-refractivity contribution is 0.304. The summed E-state index contributed by atoms with van der Waals surface area (Å²) in [6, 6.07) is 19.0. The van der Waals surface area contributed by atoms with Crippen molar-refractivity contribution in [3.05, 3.63) is 67.3 Å². The number of hydrogen-bond donors (Lipinski definition) is 0. The molecule has 0 N–H and O–H groups in total. The van der Waals surface area contributed by atoms with E-state index >= 15 is 0 Å². The van der Waals surface area contributed by atoms with Crippen molar-refractivity contribution in [3.63, 3.8) is 0 Å². The predicted molar refractivity (Wildman–Crippen MR) is 137 cm³/mol. The Kier molecular flexibility index (Phi) is 14.4. The highest BCUT2D eigenvalue weighted by Gasteiger charge is 1.99. The number of allylic oxidation sites excluding steroid dienone is 1. The van der Waals surface area contributed by atoms with Gasteiger partial charge in [0.1, 0.15) is 5.75 Å². The van der Waals surface area contributed by atoms with E-state index in [4.69, 9.17) is 4.74 Å². The van der Waals surface area contributed by atoms with Crippen molar-refractivity contribution in [2.45, 2.75) is 96.3 Å². The van der Waals surface area contributed by atoms with Gasteiger partial charge in [-0.1, -0.05) is 126 Å². The summed E-state index contributed by atoms with van der Waals surface area (Å²) in [5.41, 5.74) is 2.50. The second-order valence-corrected chi connectivity index (χ2v) is 8.77. The van der Waals surface area contributed by atoms with Gasteiger partial charge in [-0.25, -0.2) is 0 Å². The van der Waals surface area contributed by atoms with Gasteiger partial charge in [0.25, 0.3) is 0 Å². The molecule has 1 nitrogen and oxygen atoms in total. The molecule has 0 aliphatic carbocycles. The Morgan fingerprint density at radius 1 is 0.516 bits per heavy atom. The number of hydrogen-bond acceptors (Lipinski definition) is 1. The molecule has 0 saturated heterocycles. The van der Waals surface area contributed by atoms with Crippen LogP contribution < -0.4 is 4.74 Å². The van der Waals surface area contributed by atoms with Crippen LogP contribution in [0.2, 0.25) is 0 Å². The van der Waals surface area contributed by atoms with E-state index in [0.717, 1.165) is 18.8 Å². The molecule has 2 rings (SSSR count). The molecule has 0 unspecified atom stereocenters. The molecule has 2 aromatic carbocycles. The van der Waals surface area contributed by atoms with Gasteiger partial charge in [-0.05, 0) is 42.5 Å². The van der Waals surface area contributed by atoms with E-state index in [1.54, 1.807) is 0 Å². The fourth-order valence-electron chi connectivity index (χ4n) is 4.08. The van der Waals surface area contributed by atoms with Gasteiger partial charge >= 0.3 is 0 Å². The molecule has 170 valence electrons. The molecule has 0 saturated carbocycles. The first kappa shape index (κ1) is 25.2. The third-order valence-electron chi connectivity index (χ3n) is 6.03. The molecule has 0 aromatic heterocycles. The fourth-order valence-corrected chi connectivity index (χ4v) is 4.08. The summed E-state index contributed by atoms with van der Waals surface area (Å²) >= 11 is 0. The van der Waals surface area contributed by atoms with Crippen LogP contribution in [-0.2, 0) is 0 Å². The zero-order valence-electron chi connectivity index (χ0n) is 19.7. The Bertz CT molecular complexity index is 659. The van der Waals surface area contributed by atoms with E-state index in [0.29, 0.717) is 0 Å². The van der Waals surface area contributed by atoms with E-state index in [9.17, 15) is 0 Å². The molecule has 0 aliphatic heterocycles. The van der Waals surface area contributed by atoms with Gasteiger partial charge in [0, 0.05) is 0 Å². The minimum absolute atomic E-state index is 0.832. The average Bonchev–Trinajstić information content (AvgIpc) is 2.82. The van der Waals surface area contributed by atoms with E-state index in [1.165, 1.54) is 101 Å². The maximum absolute atomic E-state index is 5.91. The summed E-state index contributed by atoms with van der Waals surface area (Å²) in [5.74, 6) is 0.983. The zero-order valence-corrected chi connectivity index (χ0v) is 19.7. The number of ether oxygens (including phenoxy) is 1. The first-order valence-electron chi connectivity index (χ1n) is 12.8. The second kappa shape index (κ2) is 17.6. The number of rotatable bonds is 19. The second-order valence-electron chi connectivity index (χ2n) is 8.77. The summed E-state index contributed by atoms with van der Waals surface area (Å²) < 4.78 is 5.91. The molecular formula is C30H44O. The summed E-state index contributed by atoms with van der Waals surface area (Å²) in [6.07, 6.45) is 22.5. The highest BCUT2D eigenvalue weighted by atomic mass is 16.5. The van der Waals surface area contributed by atoms with E-state index in [1.807, 2.05) is 6.08 Å². The van der Waals surface area contributed by atoms with Crippen LogP contribution in [0.15, 0.2) is 67.3 Å². The summed E-state index contributed by atoms with van der Waals surface area (Å²) in [7, 11) is 0. The standard InChI is InChI=1S/C30H44O/c1-2-3-4-5-6-7-8-9-10-11-12-13-14-15-16-20-27-31-30-25-23-29(24-26-30)28-21-18-17-19-22-28/h2,17-19,21-26H,1,3-16,20,27H2. The molecule has 0 spiro atoms. The van der Waals surface area contributed by atoms with Crippen molar-refractivity contribution in [2.75, 3.05) is 6.61 Å². The molecular weight excluding hydrogens is 376 g/mol. The van der Waals surface area contributed by atoms with Crippen molar-refractivity contribution in [1.29, 1.82) is 0 Å². The van der Waals surface area contributed by atoms with Crippen LogP contribution in [0.5, 0.6) is 5.75 Å².